The normalized spacial score (nSPS) is 10.3. The van der Waals surface area contributed by atoms with Crippen molar-refractivity contribution in [2.45, 2.75) is 62.3 Å². The zero-order valence-electron chi connectivity index (χ0n) is 57.3. The number of pyridine rings is 6. The van der Waals surface area contributed by atoms with Crippen molar-refractivity contribution in [3.63, 3.8) is 0 Å². The number of benzene rings is 9. The van der Waals surface area contributed by atoms with Crippen LogP contribution in [0.3, 0.4) is 0 Å². The van der Waals surface area contributed by atoms with Gasteiger partial charge in [0.1, 0.15) is 12.2 Å². The molecule has 18 rings (SSSR count). The molecule has 18 aromatic rings. The van der Waals surface area contributed by atoms with Crippen molar-refractivity contribution in [2.24, 2.45) is 0 Å². The highest BCUT2D eigenvalue weighted by atomic mass is 14.9. The SMILES string of the molecule is Cc1cc2ccccc2cn1.Cc1ccc2ccccc2n1.Cc1ccnc2ccccc12.Cc1cnc2ccccc2c1.Cc1cnc2ccccc2n1.Cc1cncc2ccccc12.Cc1ncc2ccccc2n1.Cc1nccc2ccccc12.Cc1ncnc2ccccc12. The first-order valence-electron chi connectivity index (χ1n) is 32.7. The quantitative estimate of drug-likeness (QED) is 0.142. The van der Waals surface area contributed by atoms with Crippen LogP contribution >= 0.6 is 0 Å². The molecule has 486 valence electrons. The fraction of sp³-hybridized carbons (Fsp3) is 0.103. The van der Waals surface area contributed by atoms with Gasteiger partial charge in [0.25, 0.3) is 0 Å². The Morgan fingerprint density at radius 1 is 0.222 bits per heavy atom. The summed E-state index contributed by atoms with van der Waals surface area (Å²) in [5.74, 6) is 0.823. The van der Waals surface area contributed by atoms with Gasteiger partial charge in [-0.2, -0.15) is 0 Å². The zero-order chi connectivity index (χ0) is 69.1. The summed E-state index contributed by atoms with van der Waals surface area (Å²) in [4.78, 5) is 50.5. The number of para-hydroxylation sites is 7. The Morgan fingerprint density at radius 3 is 1.43 bits per heavy atom. The van der Waals surface area contributed by atoms with E-state index in [1.54, 1.807) is 12.5 Å². The van der Waals surface area contributed by atoms with Gasteiger partial charge in [-0.3, -0.25) is 34.9 Å². The van der Waals surface area contributed by atoms with Gasteiger partial charge in [-0.25, -0.2) is 24.9 Å². The summed E-state index contributed by atoms with van der Waals surface area (Å²) in [6.07, 6.45) is 16.5. The molecule has 0 aliphatic heterocycles. The first-order valence-corrected chi connectivity index (χ1v) is 32.7. The molecule has 0 atom stereocenters. The van der Waals surface area contributed by atoms with Gasteiger partial charge < -0.3 is 0 Å². The van der Waals surface area contributed by atoms with E-state index >= 15 is 0 Å². The molecule has 0 aliphatic rings. The largest absolute Gasteiger partial charge is 0.264 e. The summed E-state index contributed by atoms with van der Waals surface area (Å²) in [6.45, 7) is 18.1. The lowest BCUT2D eigenvalue weighted by atomic mass is 10.1. The van der Waals surface area contributed by atoms with E-state index in [2.05, 4.69) is 159 Å². The van der Waals surface area contributed by atoms with E-state index in [1.165, 1.54) is 65.2 Å². The zero-order valence-corrected chi connectivity index (χ0v) is 57.3. The molecule has 0 saturated heterocycles. The predicted molar refractivity (Wildman–Crippen MR) is 412 cm³/mol. The van der Waals surface area contributed by atoms with Crippen molar-refractivity contribution in [1.29, 1.82) is 0 Å². The van der Waals surface area contributed by atoms with E-state index < -0.39 is 0 Å². The van der Waals surface area contributed by atoms with Crippen molar-refractivity contribution in [2.75, 3.05) is 0 Å². The number of hydrogen-bond acceptors (Lipinski definition) is 12. The molecule has 9 aromatic heterocycles. The van der Waals surface area contributed by atoms with Gasteiger partial charge >= 0.3 is 0 Å². The molecule has 0 fully saturated rings. The second kappa shape index (κ2) is 35.3. The molecule has 0 N–H and O–H groups in total. The summed E-state index contributed by atoms with van der Waals surface area (Å²) in [5, 5.41) is 13.4. The van der Waals surface area contributed by atoms with Crippen LogP contribution in [0.2, 0.25) is 0 Å². The van der Waals surface area contributed by atoms with Crippen LogP contribution in [0.1, 0.15) is 51.0 Å². The Kier molecular flexibility index (Phi) is 24.7. The van der Waals surface area contributed by atoms with Crippen molar-refractivity contribution >= 4 is 97.9 Å². The Hall–Kier alpha value is -12.5. The predicted octanol–water partition coefficient (Wildman–Crippen LogP) is 21.1. The minimum absolute atomic E-state index is 0.823. The Balaban J connectivity index is 0.000000120. The van der Waals surface area contributed by atoms with Crippen LogP contribution < -0.4 is 0 Å². The third-order valence-corrected chi connectivity index (χ3v) is 15.8. The van der Waals surface area contributed by atoms with Gasteiger partial charge in [0.05, 0.1) is 44.3 Å². The number of nitrogens with zero attached hydrogens (tertiary/aromatic N) is 12. The molecule has 0 amide bonds. The molecule has 99 heavy (non-hydrogen) atoms. The molecule has 0 bridgehead atoms. The van der Waals surface area contributed by atoms with E-state index in [0.717, 1.165) is 83.7 Å². The maximum absolute atomic E-state index is 4.38. The minimum atomic E-state index is 0.823. The highest BCUT2D eigenvalue weighted by Gasteiger charge is 2.00. The van der Waals surface area contributed by atoms with Gasteiger partial charge in [-0.15, -0.1) is 0 Å². The summed E-state index contributed by atoms with van der Waals surface area (Å²) in [5.41, 5.74) is 16.2. The summed E-state index contributed by atoms with van der Waals surface area (Å²) in [7, 11) is 0. The Bertz CT molecular complexity index is 4820. The topological polar surface area (TPSA) is 155 Å². The van der Waals surface area contributed by atoms with Crippen LogP contribution in [0.25, 0.3) is 97.9 Å². The van der Waals surface area contributed by atoms with Gasteiger partial charge in [-0.05, 0) is 168 Å². The average Bonchev–Trinajstić information content (AvgIpc) is 0.962. The minimum Gasteiger partial charge on any atom is -0.264 e. The molecule has 0 aliphatic carbocycles. The average molecular weight is 1290 g/mol. The number of rotatable bonds is 0. The number of aromatic nitrogens is 12. The molecule has 9 heterocycles. The van der Waals surface area contributed by atoms with Crippen LogP contribution in [0, 0.1) is 62.3 Å². The van der Waals surface area contributed by atoms with Gasteiger partial charge in [-0.1, -0.05) is 182 Å². The van der Waals surface area contributed by atoms with Crippen molar-refractivity contribution in [3.05, 3.63) is 362 Å². The number of fused-ring (bicyclic) bond motifs is 9. The molecular formula is C87H78N12. The summed E-state index contributed by atoms with van der Waals surface area (Å²) in [6, 6.07) is 85.5. The lowest BCUT2D eigenvalue weighted by molar-refractivity contribution is 1.09. The van der Waals surface area contributed by atoms with E-state index in [9.17, 15) is 0 Å². The lowest BCUT2D eigenvalue weighted by Crippen LogP contribution is -1.86. The first kappa shape index (κ1) is 69.3. The second-order valence-electron chi connectivity index (χ2n) is 23.4. The molecule has 0 radical (unpaired) electrons. The lowest BCUT2D eigenvalue weighted by Gasteiger charge is -1.98. The third kappa shape index (κ3) is 20.2. The monoisotopic (exact) mass is 1290 g/mol. The van der Waals surface area contributed by atoms with Crippen LogP contribution in [-0.2, 0) is 0 Å². The van der Waals surface area contributed by atoms with Crippen LogP contribution in [0.15, 0.2) is 311 Å². The highest BCUT2D eigenvalue weighted by Crippen LogP contribution is 2.19. The Labute approximate surface area is 578 Å². The van der Waals surface area contributed by atoms with Crippen LogP contribution in [-0.4, -0.2) is 59.8 Å². The third-order valence-electron chi connectivity index (χ3n) is 15.8. The molecule has 9 aromatic carbocycles. The van der Waals surface area contributed by atoms with E-state index in [1.807, 2.05) is 261 Å². The van der Waals surface area contributed by atoms with E-state index in [4.69, 9.17) is 0 Å². The van der Waals surface area contributed by atoms with Crippen LogP contribution in [0.5, 0.6) is 0 Å². The first-order chi connectivity index (χ1) is 48.3. The second-order valence-corrected chi connectivity index (χ2v) is 23.4. The van der Waals surface area contributed by atoms with Crippen molar-refractivity contribution in [3.8, 4) is 0 Å². The molecule has 12 nitrogen and oxygen atoms in total. The van der Waals surface area contributed by atoms with Gasteiger partial charge in [0, 0.05) is 115 Å². The van der Waals surface area contributed by atoms with Crippen molar-refractivity contribution < 1.29 is 0 Å². The molecule has 0 unspecified atom stereocenters. The molecular weight excluding hydrogens is 1210 g/mol. The smallest absolute Gasteiger partial charge is 0.125 e. The molecule has 0 spiro atoms. The number of hydrogen-bond donors (Lipinski definition) is 0. The fourth-order valence-corrected chi connectivity index (χ4v) is 10.6. The van der Waals surface area contributed by atoms with Gasteiger partial charge in [0.15, 0.2) is 0 Å². The standard InChI is InChI=1S/6C10H9N.3C9H8N2/c1-8-6-11-7-9-4-2-3-5-10(8)9;1-8-6-9-4-2-3-5-10(9)7-11-8;1-8-6-9-4-2-3-5-10(9)11-7-8;1-8-10-5-3-2-4-9(10)6-7-11-8;1-8-6-7-11-10-5-3-2-4-9(8)10;1-8-6-7-9-4-2-3-5-10(9)11-8;1-7-8-4-2-3-5-9(8)11-6-10-7;1-7-10-6-8-4-2-3-5-9(8)11-7;1-7-6-10-8-4-2-3-5-9(8)11-7/h6*2-7H,1H3;3*2-6H,1H3. The van der Waals surface area contributed by atoms with E-state index in [-0.39, 0.29) is 0 Å². The van der Waals surface area contributed by atoms with E-state index in [0.29, 0.717) is 0 Å². The highest BCUT2D eigenvalue weighted by molar-refractivity contribution is 5.86. The Morgan fingerprint density at radius 2 is 0.737 bits per heavy atom. The fourth-order valence-electron chi connectivity index (χ4n) is 10.6. The maximum atomic E-state index is 4.38. The molecule has 12 heteroatoms. The maximum Gasteiger partial charge on any atom is 0.125 e. The summed E-state index contributed by atoms with van der Waals surface area (Å²) < 4.78 is 0. The van der Waals surface area contributed by atoms with Crippen LogP contribution in [0.4, 0.5) is 0 Å². The summed E-state index contributed by atoms with van der Waals surface area (Å²) >= 11 is 0. The van der Waals surface area contributed by atoms with Gasteiger partial charge in [0.2, 0.25) is 0 Å². The van der Waals surface area contributed by atoms with Crippen molar-refractivity contribution in [1.82, 2.24) is 59.8 Å². The molecule has 0 saturated carbocycles. The number of aryl methyl sites for hydroxylation is 9.